The van der Waals surface area contributed by atoms with Gasteiger partial charge in [0.25, 0.3) is 0 Å². The molecule has 6 nitrogen and oxygen atoms in total. The van der Waals surface area contributed by atoms with Crippen molar-refractivity contribution in [1.82, 2.24) is 19.5 Å². The highest BCUT2D eigenvalue weighted by Crippen LogP contribution is 2.38. The molecule has 1 fully saturated rings. The Labute approximate surface area is 174 Å². The number of allylic oxidation sites excluding steroid dienone is 1. The minimum Gasteiger partial charge on any atom is -0.346 e. The minimum atomic E-state index is 0.0890. The highest BCUT2D eigenvalue weighted by Gasteiger charge is 2.24. The number of nitrogens with zero attached hydrogens (tertiary/aromatic N) is 5. The van der Waals surface area contributed by atoms with Gasteiger partial charge < -0.3 is 9.55 Å². The molecule has 3 aromatic heterocycles. The van der Waals surface area contributed by atoms with E-state index in [1.165, 1.54) is 19.3 Å². The van der Waals surface area contributed by atoms with Gasteiger partial charge in [0.1, 0.15) is 34.7 Å². The number of hydrogen-bond acceptors (Lipinski definition) is 4. The zero-order valence-electron chi connectivity index (χ0n) is 16.5. The Bertz CT molecular complexity index is 1340. The Hall–Kier alpha value is -3.90. The van der Waals surface area contributed by atoms with Crippen LogP contribution in [0.15, 0.2) is 48.3 Å². The molecule has 0 unspecified atom stereocenters. The third-order valence-corrected chi connectivity index (χ3v) is 5.87. The van der Waals surface area contributed by atoms with Crippen molar-refractivity contribution < 1.29 is 0 Å². The lowest BCUT2D eigenvalue weighted by Gasteiger charge is -2.26. The molecule has 1 aromatic carbocycles. The summed E-state index contributed by atoms with van der Waals surface area (Å²) >= 11 is 0. The fourth-order valence-corrected chi connectivity index (χ4v) is 4.51. The summed E-state index contributed by atoms with van der Waals surface area (Å²) in [6, 6.07) is 14.2. The Morgan fingerprint density at radius 3 is 2.77 bits per heavy atom. The van der Waals surface area contributed by atoms with Gasteiger partial charge in [-0.25, -0.2) is 9.97 Å². The zero-order valence-corrected chi connectivity index (χ0v) is 16.5. The maximum atomic E-state index is 9.10. The molecule has 1 saturated carbocycles. The molecule has 0 bridgehead atoms. The quantitative estimate of drug-likeness (QED) is 0.465. The molecule has 0 atom stereocenters. The second-order valence-corrected chi connectivity index (χ2v) is 7.74. The van der Waals surface area contributed by atoms with Crippen LogP contribution in [-0.4, -0.2) is 19.5 Å². The molecule has 30 heavy (non-hydrogen) atoms. The van der Waals surface area contributed by atoms with Gasteiger partial charge in [0.15, 0.2) is 0 Å². The SMILES string of the molecule is N#CC(C#N)=Cc1cccc(-c2nc3cnc4[nH]ccc4c3n2C2CCCCC2)c1. The lowest BCUT2D eigenvalue weighted by atomic mass is 9.94. The van der Waals surface area contributed by atoms with Crippen LogP contribution in [-0.2, 0) is 0 Å². The van der Waals surface area contributed by atoms with Gasteiger partial charge in [0, 0.05) is 23.2 Å². The number of H-pyrrole nitrogens is 1. The summed E-state index contributed by atoms with van der Waals surface area (Å²) in [4.78, 5) is 12.7. The van der Waals surface area contributed by atoms with E-state index in [9.17, 15) is 0 Å². The van der Waals surface area contributed by atoms with E-state index in [1.54, 1.807) is 6.08 Å². The van der Waals surface area contributed by atoms with Crippen molar-refractivity contribution in [3.8, 4) is 23.5 Å². The predicted octanol–water partition coefficient (Wildman–Crippen LogP) is 5.52. The highest BCUT2D eigenvalue weighted by molar-refractivity contribution is 6.02. The molecule has 0 saturated heterocycles. The van der Waals surface area contributed by atoms with Crippen molar-refractivity contribution in [2.45, 2.75) is 38.1 Å². The maximum Gasteiger partial charge on any atom is 0.141 e. The molecule has 3 heterocycles. The summed E-state index contributed by atoms with van der Waals surface area (Å²) in [5.74, 6) is 0.915. The van der Waals surface area contributed by atoms with Gasteiger partial charge in [-0.15, -0.1) is 0 Å². The molecule has 1 aliphatic carbocycles. The molecule has 0 radical (unpaired) electrons. The fourth-order valence-electron chi connectivity index (χ4n) is 4.51. The molecule has 1 N–H and O–H groups in total. The molecular weight excluding hydrogens is 372 g/mol. The standard InChI is InChI=1S/C24H20N6/c25-13-17(14-26)11-16-5-4-6-18(12-16)24-29-21-15-28-23-20(9-10-27-23)22(21)30(24)19-7-2-1-3-8-19/h4-6,9-12,15,19H,1-3,7-8H2,(H,27,28). The first kappa shape index (κ1) is 18.1. The Kier molecular flexibility index (Phi) is 4.53. The largest absolute Gasteiger partial charge is 0.346 e. The van der Waals surface area contributed by atoms with E-state index < -0.39 is 0 Å². The van der Waals surface area contributed by atoms with Crippen LogP contribution in [0, 0.1) is 22.7 Å². The van der Waals surface area contributed by atoms with E-state index in [-0.39, 0.29) is 5.57 Å². The van der Waals surface area contributed by atoms with Gasteiger partial charge in [-0.3, -0.25) is 0 Å². The fraction of sp³-hybridized carbons (Fsp3) is 0.250. The van der Waals surface area contributed by atoms with Crippen molar-refractivity contribution in [2.75, 3.05) is 0 Å². The van der Waals surface area contributed by atoms with Crippen molar-refractivity contribution in [1.29, 1.82) is 10.5 Å². The normalized spacial score (nSPS) is 14.5. The van der Waals surface area contributed by atoms with E-state index in [4.69, 9.17) is 15.5 Å². The van der Waals surface area contributed by atoms with Crippen LogP contribution in [0.5, 0.6) is 0 Å². The first-order valence-electron chi connectivity index (χ1n) is 10.2. The number of rotatable bonds is 3. The number of imidazole rings is 1. The summed E-state index contributed by atoms with van der Waals surface area (Å²) in [6.07, 6.45) is 11.4. The summed E-state index contributed by atoms with van der Waals surface area (Å²) in [5, 5.41) is 19.3. The molecule has 5 rings (SSSR count). The lowest BCUT2D eigenvalue weighted by Crippen LogP contribution is -2.14. The van der Waals surface area contributed by atoms with Crippen LogP contribution in [0.3, 0.4) is 0 Å². The smallest absolute Gasteiger partial charge is 0.141 e. The minimum absolute atomic E-state index is 0.0890. The van der Waals surface area contributed by atoms with Gasteiger partial charge in [0.2, 0.25) is 0 Å². The Morgan fingerprint density at radius 1 is 1.13 bits per heavy atom. The van der Waals surface area contributed by atoms with Gasteiger partial charge in [-0.1, -0.05) is 37.5 Å². The van der Waals surface area contributed by atoms with Crippen molar-refractivity contribution in [2.24, 2.45) is 0 Å². The van der Waals surface area contributed by atoms with Crippen molar-refractivity contribution in [3.05, 3.63) is 53.9 Å². The average molecular weight is 392 g/mol. The van der Waals surface area contributed by atoms with Gasteiger partial charge in [-0.2, -0.15) is 10.5 Å². The summed E-state index contributed by atoms with van der Waals surface area (Å²) in [6.45, 7) is 0. The Morgan fingerprint density at radius 2 is 1.97 bits per heavy atom. The monoisotopic (exact) mass is 392 g/mol. The van der Waals surface area contributed by atoms with Crippen molar-refractivity contribution in [3.63, 3.8) is 0 Å². The van der Waals surface area contributed by atoms with Crippen LogP contribution in [0.25, 0.3) is 39.5 Å². The molecule has 0 spiro atoms. The number of nitriles is 2. The molecular formula is C24H20N6. The second-order valence-electron chi connectivity index (χ2n) is 7.74. The summed E-state index contributed by atoms with van der Waals surface area (Å²) in [7, 11) is 0. The number of fused-ring (bicyclic) bond motifs is 3. The third-order valence-electron chi connectivity index (χ3n) is 5.87. The topological polar surface area (TPSA) is 94.1 Å². The van der Waals surface area contributed by atoms with Crippen LogP contribution >= 0.6 is 0 Å². The molecule has 1 aliphatic rings. The van der Waals surface area contributed by atoms with E-state index in [0.29, 0.717) is 6.04 Å². The van der Waals surface area contributed by atoms with Crippen LogP contribution in [0.4, 0.5) is 0 Å². The maximum absolute atomic E-state index is 9.10. The first-order valence-corrected chi connectivity index (χ1v) is 10.2. The molecule has 6 heteroatoms. The van der Waals surface area contributed by atoms with Gasteiger partial charge >= 0.3 is 0 Å². The number of hydrogen-bond donors (Lipinski definition) is 1. The molecule has 4 aromatic rings. The van der Waals surface area contributed by atoms with Crippen LogP contribution in [0.1, 0.15) is 43.7 Å². The van der Waals surface area contributed by atoms with Gasteiger partial charge in [-0.05, 0) is 36.6 Å². The van der Waals surface area contributed by atoms with E-state index in [2.05, 4.69) is 20.6 Å². The van der Waals surface area contributed by atoms with Gasteiger partial charge in [0.05, 0.1) is 11.7 Å². The summed E-state index contributed by atoms with van der Waals surface area (Å²) in [5.41, 5.74) is 4.76. The number of benzene rings is 1. The van der Waals surface area contributed by atoms with Crippen LogP contribution < -0.4 is 0 Å². The van der Waals surface area contributed by atoms with Crippen LogP contribution in [0.2, 0.25) is 0 Å². The Balaban J connectivity index is 1.74. The molecule has 0 amide bonds. The van der Waals surface area contributed by atoms with E-state index in [1.807, 2.05) is 48.8 Å². The lowest BCUT2D eigenvalue weighted by molar-refractivity contribution is 0.362. The number of aromatic nitrogens is 4. The second kappa shape index (κ2) is 7.50. The highest BCUT2D eigenvalue weighted by atomic mass is 15.1. The zero-order chi connectivity index (χ0) is 20.5. The number of nitrogens with one attached hydrogen (secondary N) is 1. The number of aromatic amines is 1. The van der Waals surface area contributed by atoms with E-state index >= 15 is 0 Å². The summed E-state index contributed by atoms with van der Waals surface area (Å²) < 4.78 is 2.39. The molecule has 146 valence electrons. The average Bonchev–Trinajstić information content (AvgIpc) is 3.42. The third kappa shape index (κ3) is 3.03. The first-order chi connectivity index (χ1) is 14.8. The number of pyridine rings is 1. The van der Waals surface area contributed by atoms with Crippen molar-refractivity contribution >= 4 is 28.1 Å². The van der Waals surface area contributed by atoms with E-state index in [0.717, 1.165) is 51.9 Å². The molecule has 0 aliphatic heterocycles. The predicted molar refractivity (Wildman–Crippen MR) is 116 cm³/mol.